The summed E-state index contributed by atoms with van der Waals surface area (Å²) in [4.78, 5) is 11.5. The van der Waals surface area contributed by atoms with Gasteiger partial charge in [-0.3, -0.25) is 4.98 Å². The number of anilines is 2. The molecule has 2 heterocycles. The average molecular weight is 280 g/mol. The fourth-order valence-electron chi connectivity index (χ4n) is 3.01. The molecule has 1 saturated carbocycles. The predicted octanol–water partition coefficient (Wildman–Crippen LogP) is 2.81. The molecule has 0 amide bonds. The minimum atomic E-state index is 0.437. The highest BCUT2D eigenvalue weighted by Crippen LogP contribution is 2.36. The fraction of sp³-hybridized carbons (Fsp3) is 0.412. The van der Waals surface area contributed by atoms with Gasteiger partial charge in [-0.2, -0.15) is 0 Å². The van der Waals surface area contributed by atoms with Crippen LogP contribution in [0.25, 0.3) is 0 Å². The zero-order valence-electron chi connectivity index (χ0n) is 12.3. The van der Waals surface area contributed by atoms with E-state index in [1.807, 2.05) is 12.4 Å². The first-order chi connectivity index (χ1) is 10.3. The highest BCUT2D eigenvalue weighted by atomic mass is 15.2. The third-order valence-electron chi connectivity index (χ3n) is 4.29. The molecule has 4 rings (SSSR count). The number of hydrogen-bond acceptors (Lipinski definition) is 4. The van der Waals surface area contributed by atoms with Gasteiger partial charge in [0.15, 0.2) is 5.82 Å². The van der Waals surface area contributed by atoms with Crippen LogP contribution in [0.5, 0.6) is 0 Å². The van der Waals surface area contributed by atoms with Crippen LogP contribution in [-0.2, 0) is 13.0 Å². The highest BCUT2D eigenvalue weighted by Gasteiger charge is 2.27. The first-order valence-electron chi connectivity index (χ1n) is 7.73. The number of aromatic nitrogens is 2. The number of nitrogens with zero attached hydrogens (tertiary/aromatic N) is 3. The molecular weight excluding hydrogens is 260 g/mol. The van der Waals surface area contributed by atoms with E-state index in [1.165, 1.54) is 24.1 Å². The van der Waals surface area contributed by atoms with Gasteiger partial charge in [-0.1, -0.05) is 18.2 Å². The Morgan fingerprint density at radius 2 is 2.05 bits per heavy atom. The molecule has 0 saturated heterocycles. The van der Waals surface area contributed by atoms with E-state index in [0.29, 0.717) is 12.1 Å². The number of hydrogen-bond donors (Lipinski definition) is 1. The largest absolute Gasteiger partial charge is 0.322 e. The van der Waals surface area contributed by atoms with Crippen molar-refractivity contribution in [2.75, 3.05) is 4.90 Å². The van der Waals surface area contributed by atoms with Crippen molar-refractivity contribution in [3.05, 3.63) is 47.9 Å². The lowest BCUT2D eigenvalue weighted by molar-refractivity contribution is 0.670. The van der Waals surface area contributed by atoms with Gasteiger partial charge in [0.05, 0.1) is 18.1 Å². The Balaban J connectivity index is 1.55. The Morgan fingerprint density at radius 3 is 2.81 bits per heavy atom. The maximum atomic E-state index is 4.63. The van der Waals surface area contributed by atoms with Gasteiger partial charge in [0.1, 0.15) is 0 Å². The molecule has 0 spiro atoms. The summed E-state index contributed by atoms with van der Waals surface area (Å²) in [5, 5.41) is 3.47. The molecule has 1 atom stereocenters. The molecule has 0 radical (unpaired) electrons. The molecule has 1 unspecified atom stereocenters. The first-order valence-corrected chi connectivity index (χ1v) is 7.73. The summed E-state index contributed by atoms with van der Waals surface area (Å²) in [5.41, 5.74) is 3.68. The number of benzene rings is 1. The maximum absolute atomic E-state index is 4.63. The van der Waals surface area contributed by atoms with Crippen molar-refractivity contribution < 1.29 is 0 Å². The lowest BCUT2D eigenvalue weighted by Gasteiger charge is -2.23. The molecule has 4 heteroatoms. The Labute approximate surface area is 125 Å². The van der Waals surface area contributed by atoms with Crippen LogP contribution in [0.15, 0.2) is 36.7 Å². The fourth-order valence-corrected chi connectivity index (χ4v) is 3.01. The van der Waals surface area contributed by atoms with Crippen molar-refractivity contribution in [1.29, 1.82) is 0 Å². The van der Waals surface area contributed by atoms with Gasteiger partial charge in [-0.15, -0.1) is 0 Å². The lowest BCUT2D eigenvalue weighted by atomic mass is 10.1. The van der Waals surface area contributed by atoms with Crippen LogP contribution in [0.2, 0.25) is 0 Å². The molecule has 1 aromatic heterocycles. The van der Waals surface area contributed by atoms with Crippen LogP contribution in [0.1, 0.15) is 31.0 Å². The van der Waals surface area contributed by atoms with Crippen LogP contribution in [0.3, 0.4) is 0 Å². The van der Waals surface area contributed by atoms with Gasteiger partial charge in [0, 0.05) is 24.3 Å². The van der Waals surface area contributed by atoms with Gasteiger partial charge >= 0.3 is 0 Å². The lowest BCUT2D eigenvalue weighted by Crippen LogP contribution is -2.25. The van der Waals surface area contributed by atoms with E-state index in [-0.39, 0.29) is 0 Å². The first kappa shape index (κ1) is 12.8. The molecule has 2 aromatic rings. The van der Waals surface area contributed by atoms with Crippen molar-refractivity contribution in [3.8, 4) is 0 Å². The number of nitrogens with one attached hydrogen (secondary N) is 1. The van der Waals surface area contributed by atoms with Crippen LogP contribution in [0, 0.1) is 0 Å². The highest BCUT2D eigenvalue weighted by molar-refractivity contribution is 5.68. The normalized spacial score (nSPS) is 20.6. The average Bonchev–Trinajstić information content (AvgIpc) is 3.27. The number of rotatable bonds is 4. The molecule has 1 aliphatic carbocycles. The van der Waals surface area contributed by atoms with Crippen LogP contribution in [-0.4, -0.2) is 22.1 Å². The monoisotopic (exact) mass is 280 g/mol. The third kappa shape index (κ3) is 2.51. The predicted molar refractivity (Wildman–Crippen MR) is 83.6 cm³/mol. The summed E-state index contributed by atoms with van der Waals surface area (Å²) < 4.78 is 0. The van der Waals surface area contributed by atoms with Crippen LogP contribution < -0.4 is 10.2 Å². The van der Waals surface area contributed by atoms with E-state index in [0.717, 1.165) is 24.5 Å². The number of para-hydroxylation sites is 1. The summed E-state index contributed by atoms with van der Waals surface area (Å²) >= 11 is 0. The van der Waals surface area contributed by atoms with Crippen molar-refractivity contribution >= 4 is 11.5 Å². The Kier molecular flexibility index (Phi) is 3.11. The van der Waals surface area contributed by atoms with E-state index < -0.39 is 0 Å². The Morgan fingerprint density at radius 1 is 1.19 bits per heavy atom. The van der Waals surface area contributed by atoms with Gasteiger partial charge in [0.25, 0.3) is 0 Å². The Hall–Kier alpha value is -1.94. The van der Waals surface area contributed by atoms with E-state index in [9.17, 15) is 0 Å². The molecule has 21 heavy (non-hydrogen) atoms. The molecule has 1 fully saturated rings. The molecule has 1 N–H and O–H groups in total. The van der Waals surface area contributed by atoms with Gasteiger partial charge in [0.2, 0.25) is 0 Å². The van der Waals surface area contributed by atoms with Crippen molar-refractivity contribution in [3.63, 3.8) is 0 Å². The third-order valence-corrected chi connectivity index (χ3v) is 4.29. The zero-order valence-corrected chi connectivity index (χ0v) is 12.3. The van der Waals surface area contributed by atoms with Crippen molar-refractivity contribution in [2.45, 2.75) is 44.8 Å². The summed E-state index contributed by atoms with van der Waals surface area (Å²) in [6, 6.07) is 9.71. The minimum absolute atomic E-state index is 0.437. The van der Waals surface area contributed by atoms with E-state index >= 15 is 0 Å². The van der Waals surface area contributed by atoms with E-state index in [1.54, 1.807) is 0 Å². The maximum Gasteiger partial charge on any atom is 0.151 e. The summed E-state index contributed by atoms with van der Waals surface area (Å²) in [6.45, 7) is 3.06. The minimum Gasteiger partial charge on any atom is -0.322 e. The second kappa shape index (κ2) is 5.11. The zero-order chi connectivity index (χ0) is 14.2. The molecular formula is C17H20N4. The number of fused-ring (bicyclic) bond motifs is 1. The SMILES string of the molecule is CC1Cc2ccccc2N1c1cnc(CNC2CC2)cn1. The molecule has 4 nitrogen and oxygen atoms in total. The van der Waals surface area contributed by atoms with Gasteiger partial charge in [-0.05, 0) is 37.8 Å². The van der Waals surface area contributed by atoms with E-state index in [4.69, 9.17) is 0 Å². The second-order valence-corrected chi connectivity index (χ2v) is 6.07. The molecule has 1 aliphatic heterocycles. The van der Waals surface area contributed by atoms with Gasteiger partial charge in [-0.25, -0.2) is 4.98 Å². The van der Waals surface area contributed by atoms with Crippen LogP contribution in [0.4, 0.5) is 11.5 Å². The smallest absolute Gasteiger partial charge is 0.151 e. The quantitative estimate of drug-likeness (QED) is 0.935. The molecule has 2 aliphatic rings. The van der Waals surface area contributed by atoms with Crippen LogP contribution >= 0.6 is 0 Å². The van der Waals surface area contributed by atoms with Crippen molar-refractivity contribution in [1.82, 2.24) is 15.3 Å². The van der Waals surface area contributed by atoms with Crippen molar-refractivity contribution in [2.24, 2.45) is 0 Å². The Bertz CT molecular complexity index is 633. The topological polar surface area (TPSA) is 41.1 Å². The molecule has 108 valence electrons. The molecule has 1 aromatic carbocycles. The molecule has 0 bridgehead atoms. The van der Waals surface area contributed by atoms with Gasteiger partial charge < -0.3 is 10.2 Å². The summed E-state index contributed by atoms with van der Waals surface area (Å²) in [6.07, 6.45) is 7.48. The van der Waals surface area contributed by atoms with E-state index in [2.05, 4.69) is 51.4 Å². The summed E-state index contributed by atoms with van der Waals surface area (Å²) in [5.74, 6) is 0.947. The second-order valence-electron chi connectivity index (χ2n) is 6.07. The standard InChI is InChI=1S/C17H20N4/c1-12-8-13-4-2-3-5-16(13)21(12)17-11-19-15(10-20-17)9-18-14-6-7-14/h2-5,10-12,14,18H,6-9H2,1H3. The summed E-state index contributed by atoms with van der Waals surface area (Å²) in [7, 11) is 0.